The number of nitrogens with zero attached hydrogens (tertiary/aromatic N) is 2. The molecule has 0 fully saturated rings. The minimum Gasteiger partial charge on any atom is -0.356 e. The van der Waals surface area contributed by atoms with Gasteiger partial charge in [-0.1, -0.05) is 41.6 Å². The number of carbonyl (C=O) groups excluding carboxylic acids is 1. The molecule has 5 nitrogen and oxygen atoms in total. The summed E-state index contributed by atoms with van der Waals surface area (Å²) < 4.78 is 6.41. The van der Waals surface area contributed by atoms with Gasteiger partial charge in [-0.15, -0.1) is 11.3 Å². The summed E-state index contributed by atoms with van der Waals surface area (Å²) in [6.07, 6.45) is 0.144. The maximum absolute atomic E-state index is 12.7. The summed E-state index contributed by atoms with van der Waals surface area (Å²) in [6, 6.07) is 23.3. The fourth-order valence-electron chi connectivity index (χ4n) is 3.18. The highest BCUT2D eigenvalue weighted by atomic mass is 32.1. The molecule has 0 spiro atoms. The largest absolute Gasteiger partial charge is 0.356 e. The van der Waals surface area contributed by atoms with Crippen LogP contribution in [-0.4, -0.2) is 16.0 Å². The van der Waals surface area contributed by atoms with Crippen molar-refractivity contribution in [1.29, 1.82) is 0 Å². The Kier molecular flexibility index (Phi) is 4.10. The van der Waals surface area contributed by atoms with Crippen molar-refractivity contribution in [2.24, 2.45) is 0 Å². The van der Waals surface area contributed by atoms with E-state index in [0.717, 1.165) is 31.9 Å². The number of amides is 1. The van der Waals surface area contributed by atoms with Gasteiger partial charge in [-0.2, -0.15) is 0 Å². The number of anilines is 1. The lowest BCUT2D eigenvalue weighted by Gasteiger charge is -2.08. The maximum Gasteiger partial charge on any atom is 0.230 e. The molecule has 0 aliphatic rings. The first-order valence-electron chi connectivity index (χ1n) is 8.86. The number of thiazole rings is 1. The van der Waals surface area contributed by atoms with E-state index in [0.29, 0.717) is 11.3 Å². The second kappa shape index (κ2) is 6.90. The molecule has 2 aromatic heterocycles. The number of carbonyl (C=O) groups is 1. The highest BCUT2D eigenvalue weighted by molar-refractivity contribution is 7.21. The van der Waals surface area contributed by atoms with Gasteiger partial charge in [0.05, 0.1) is 22.3 Å². The zero-order valence-electron chi connectivity index (χ0n) is 14.8. The molecule has 0 bridgehead atoms. The van der Waals surface area contributed by atoms with Crippen molar-refractivity contribution < 1.29 is 9.32 Å². The van der Waals surface area contributed by atoms with Crippen LogP contribution in [0.1, 0.15) is 5.69 Å². The molecule has 3 aromatic carbocycles. The first-order chi connectivity index (χ1) is 13.8. The van der Waals surface area contributed by atoms with E-state index in [4.69, 9.17) is 9.51 Å². The molecule has 1 amide bonds. The van der Waals surface area contributed by atoms with Crippen LogP contribution < -0.4 is 5.32 Å². The average molecular weight is 385 g/mol. The number of benzene rings is 3. The molecule has 0 aliphatic carbocycles. The van der Waals surface area contributed by atoms with E-state index < -0.39 is 0 Å². The van der Waals surface area contributed by atoms with E-state index in [1.165, 1.54) is 0 Å². The smallest absolute Gasteiger partial charge is 0.230 e. The standard InChI is InChI=1S/C22H15N3O2S/c26-21(13-18-14-7-2-5-11-19(14)27-25-18)23-16-9-3-1-8-15(16)22-24-17-10-4-6-12-20(17)28-22/h1-12H,13H2,(H,23,26). The Balaban J connectivity index is 1.43. The summed E-state index contributed by atoms with van der Waals surface area (Å²) >= 11 is 1.61. The third-order valence-electron chi connectivity index (χ3n) is 4.51. The van der Waals surface area contributed by atoms with Gasteiger partial charge < -0.3 is 9.84 Å². The molecule has 0 unspecified atom stereocenters. The van der Waals surface area contributed by atoms with Crippen molar-refractivity contribution in [2.75, 3.05) is 5.32 Å². The number of fused-ring (bicyclic) bond motifs is 2. The molecule has 0 saturated heterocycles. The van der Waals surface area contributed by atoms with E-state index in [9.17, 15) is 4.79 Å². The number of rotatable bonds is 4. The topological polar surface area (TPSA) is 68.0 Å². The summed E-state index contributed by atoms with van der Waals surface area (Å²) in [6.45, 7) is 0. The van der Waals surface area contributed by atoms with Gasteiger partial charge in [0.1, 0.15) is 10.7 Å². The fourth-order valence-corrected chi connectivity index (χ4v) is 4.18. The first-order valence-corrected chi connectivity index (χ1v) is 9.68. The Labute approximate surface area is 164 Å². The van der Waals surface area contributed by atoms with Crippen LogP contribution in [0.25, 0.3) is 31.8 Å². The quantitative estimate of drug-likeness (QED) is 0.457. The summed E-state index contributed by atoms with van der Waals surface area (Å²) in [7, 11) is 0. The molecule has 0 atom stereocenters. The lowest BCUT2D eigenvalue weighted by molar-refractivity contribution is -0.115. The number of nitrogens with one attached hydrogen (secondary N) is 1. The monoisotopic (exact) mass is 385 g/mol. The van der Waals surface area contributed by atoms with Crippen LogP contribution in [0.2, 0.25) is 0 Å². The van der Waals surface area contributed by atoms with Gasteiger partial charge in [-0.25, -0.2) is 4.98 Å². The van der Waals surface area contributed by atoms with Gasteiger partial charge in [0, 0.05) is 10.9 Å². The molecule has 6 heteroatoms. The van der Waals surface area contributed by atoms with E-state index in [-0.39, 0.29) is 12.3 Å². The van der Waals surface area contributed by atoms with E-state index in [1.54, 1.807) is 11.3 Å². The zero-order valence-corrected chi connectivity index (χ0v) is 15.6. The van der Waals surface area contributed by atoms with Crippen LogP contribution >= 0.6 is 11.3 Å². The number of hydrogen-bond acceptors (Lipinski definition) is 5. The normalized spacial score (nSPS) is 11.1. The van der Waals surface area contributed by atoms with Crippen molar-refractivity contribution >= 4 is 44.1 Å². The molecule has 5 aromatic rings. The van der Waals surface area contributed by atoms with Crippen molar-refractivity contribution in [2.45, 2.75) is 6.42 Å². The van der Waals surface area contributed by atoms with E-state index in [2.05, 4.69) is 10.5 Å². The average Bonchev–Trinajstić information content (AvgIpc) is 3.33. The Hall–Kier alpha value is -3.51. The maximum atomic E-state index is 12.7. The lowest BCUT2D eigenvalue weighted by Crippen LogP contribution is -2.15. The van der Waals surface area contributed by atoms with Crippen LogP contribution in [0, 0.1) is 0 Å². The molecular formula is C22H15N3O2S. The van der Waals surface area contributed by atoms with E-state index >= 15 is 0 Å². The molecule has 1 N–H and O–H groups in total. The molecule has 136 valence electrons. The Morgan fingerprint density at radius 3 is 2.68 bits per heavy atom. The molecule has 2 heterocycles. The van der Waals surface area contributed by atoms with Crippen LogP contribution in [0.5, 0.6) is 0 Å². The Bertz CT molecular complexity index is 1270. The predicted molar refractivity (Wildman–Crippen MR) is 111 cm³/mol. The third kappa shape index (κ3) is 3.04. The van der Waals surface area contributed by atoms with Crippen LogP contribution in [0.4, 0.5) is 5.69 Å². The second-order valence-corrected chi connectivity index (χ2v) is 7.41. The zero-order chi connectivity index (χ0) is 18.9. The van der Waals surface area contributed by atoms with Crippen molar-refractivity contribution in [3.8, 4) is 10.6 Å². The first kappa shape index (κ1) is 16.6. The van der Waals surface area contributed by atoms with Crippen molar-refractivity contribution in [3.05, 3.63) is 78.5 Å². The molecule has 0 saturated carbocycles. The van der Waals surface area contributed by atoms with Gasteiger partial charge in [-0.3, -0.25) is 4.79 Å². The Morgan fingerprint density at radius 1 is 0.964 bits per heavy atom. The minimum atomic E-state index is -0.146. The molecular weight excluding hydrogens is 370 g/mol. The van der Waals surface area contributed by atoms with E-state index in [1.807, 2.05) is 72.8 Å². The van der Waals surface area contributed by atoms with Crippen LogP contribution in [-0.2, 0) is 11.2 Å². The number of para-hydroxylation sites is 3. The molecule has 5 rings (SSSR count). The summed E-state index contributed by atoms with van der Waals surface area (Å²) in [4.78, 5) is 17.4. The number of aromatic nitrogens is 2. The van der Waals surface area contributed by atoms with Crippen molar-refractivity contribution in [3.63, 3.8) is 0 Å². The summed E-state index contributed by atoms with van der Waals surface area (Å²) in [5, 5.41) is 8.78. The molecule has 0 radical (unpaired) electrons. The van der Waals surface area contributed by atoms with Gasteiger partial charge in [-0.05, 0) is 36.4 Å². The van der Waals surface area contributed by atoms with Gasteiger partial charge in [0.15, 0.2) is 5.58 Å². The molecule has 0 aliphatic heterocycles. The van der Waals surface area contributed by atoms with Gasteiger partial charge in [0.25, 0.3) is 0 Å². The highest BCUT2D eigenvalue weighted by Gasteiger charge is 2.15. The Morgan fingerprint density at radius 2 is 1.75 bits per heavy atom. The molecule has 28 heavy (non-hydrogen) atoms. The van der Waals surface area contributed by atoms with Crippen molar-refractivity contribution in [1.82, 2.24) is 10.1 Å². The van der Waals surface area contributed by atoms with Gasteiger partial charge in [0.2, 0.25) is 5.91 Å². The lowest BCUT2D eigenvalue weighted by atomic mass is 10.1. The minimum absolute atomic E-state index is 0.144. The second-order valence-electron chi connectivity index (χ2n) is 6.38. The number of hydrogen-bond donors (Lipinski definition) is 1. The summed E-state index contributed by atoms with van der Waals surface area (Å²) in [5.74, 6) is -0.146. The SMILES string of the molecule is O=C(Cc1noc2ccccc12)Nc1ccccc1-c1nc2ccccc2s1. The third-order valence-corrected chi connectivity index (χ3v) is 5.58. The predicted octanol–water partition coefficient (Wildman–Crippen LogP) is 5.29. The van der Waals surface area contributed by atoms with Crippen LogP contribution in [0.3, 0.4) is 0 Å². The fraction of sp³-hybridized carbons (Fsp3) is 0.0455. The van der Waals surface area contributed by atoms with Gasteiger partial charge >= 0.3 is 0 Å². The summed E-state index contributed by atoms with van der Waals surface area (Å²) in [5.41, 5.74) is 3.91. The highest BCUT2D eigenvalue weighted by Crippen LogP contribution is 2.34. The van der Waals surface area contributed by atoms with Crippen LogP contribution in [0.15, 0.2) is 77.3 Å².